The number of hydrogen-bond acceptors (Lipinski definition) is 9. The number of benzene rings is 3. The second-order valence-corrected chi connectivity index (χ2v) is 13.4. The highest BCUT2D eigenvalue weighted by molar-refractivity contribution is 7.67. The number of rotatable bonds is 13. The van der Waals surface area contributed by atoms with Crippen LogP contribution in [0.4, 0.5) is 30.2 Å². The molecule has 3 aromatic carbocycles. The van der Waals surface area contributed by atoms with Crippen LogP contribution in [0.25, 0.3) is 16.6 Å². The zero-order valence-corrected chi connectivity index (χ0v) is 30.4. The quantitative estimate of drug-likeness (QED) is 0.120. The molecule has 284 valence electrons. The molecule has 0 atom stereocenters. The summed E-state index contributed by atoms with van der Waals surface area (Å²) in [6.45, 7) is 5.09. The molecule has 1 fully saturated rings. The Morgan fingerprint density at radius 1 is 0.945 bits per heavy atom. The van der Waals surface area contributed by atoms with Gasteiger partial charge in [-0.1, -0.05) is 6.07 Å². The highest BCUT2D eigenvalue weighted by Crippen LogP contribution is 2.39. The number of H-pyrrole nitrogens is 1. The summed E-state index contributed by atoms with van der Waals surface area (Å²) < 4.78 is 66.5. The first kappa shape index (κ1) is 38.5. The molecule has 1 saturated heterocycles. The number of nitrogens with zero attached hydrogens (tertiary/aromatic N) is 5. The van der Waals surface area contributed by atoms with Gasteiger partial charge < -0.3 is 19.7 Å². The first-order chi connectivity index (χ1) is 26.3. The van der Waals surface area contributed by atoms with Crippen LogP contribution in [0.5, 0.6) is 5.75 Å². The van der Waals surface area contributed by atoms with Gasteiger partial charge >= 0.3 is 11.9 Å². The lowest BCUT2D eigenvalue weighted by molar-refractivity contribution is -0.137. The number of hydrogen-bond donors (Lipinski definition) is 2. The van der Waals surface area contributed by atoms with Crippen LogP contribution < -0.4 is 31.1 Å². The van der Waals surface area contributed by atoms with Gasteiger partial charge in [0.15, 0.2) is 0 Å². The van der Waals surface area contributed by atoms with Crippen LogP contribution in [0, 0.1) is 11.3 Å². The van der Waals surface area contributed by atoms with Crippen molar-refractivity contribution in [2.45, 2.75) is 38.4 Å². The normalized spacial score (nSPS) is 14.0. The summed E-state index contributed by atoms with van der Waals surface area (Å²) >= 11 is -0.0102. The van der Waals surface area contributed by atoms with E-state index in [0.717, 1.165) is 16.7 Å². The fourth-order valence-corrected chi connectivity index (χ4v) is 6.77. The standard InChI is InChI=1S/C38H34F3N7O6S/c1-37(2)34(50)47(27-11-8-24(22-42)30(21-27)38(39,40)41)36(55-52)48(37)26-12-9-25(10-13-26)43-15-4-17-53-18-5-19-54-32-7-3-6-31-29(32)20-28(23-44-31)46-16-14-33(49)45-35(46)51/h3,6-14,16,20-21,23,43H,4-5,15,17-19H2,1-2H3,(H,45,49,51). The first-order valence-corrected chi connectivity index (χ1v) is 17.8. The zero-order valence-electron chi connectivity index (χ0n) is 29.6. The number of pyridine rings is 1. The second kappa shape index (κ2) is 16.0. The SMILES string of the molecule is CC1(C)C(=O)N(c2ccc(C#N)c(C(F)(F)F)c2)C(=S=O)N1c1ccc(NCCCOCCCOc2cccc3ncc(-n4ccc(=O)[nH]c4=O)cc23)cc1. The molecule has 2 N–H and O–H groups in total. The van der Waals surface area contributed by atoms with E-state index in [1.165, 1.54) is 33.9 Å². The maximum absolute atomic E-state index is 13.7. The molecule has 1 amide bonds. The summed E-state index contributed by atoms with van der Waals surface area (Å²) in [4.78, 5) is 46.3. The van der Waals surface area contributed by atoms with Gasteiger partial charge in [-0.15, -0.1) is 0 Å². The number of carbonyl (C=O) groups excluding carboxylic acids is 1. The summed E-state index contributed by atoms with van der Waals surface area (Å²) in [6.07, 6.45) is -0.581. The minimum absolute atomic E-state index is 0.0102. The van der Waals surface area contributed by atoms with Crippen molar-refractivity contribution in [1.29, 1.82) is 5.26 Å². The van der Waals surface area contributed by atoms with Crippen LogP contribution in [0.1, 0.15) is 37.8 Å². The number of aromatic amines is 1. The third-order valence-corrected chi connectivity index (χ3v) is 9.33. The predicted molar refractivity (Wildman–Crippen MR) is 202 cm³/mol. The summed E-state index contributed by atoms with van der Waals surface area (Å²) in [5.74, 6) is 0.00338. The van der Waals surface area contributed by atoms with Crippen LogP contribution in [0.3, 0.4) is 0 Å². The maximum Gasteiger partial charge on any atom is 0.417 e. The van der Waals surface area contributed by atoms with Crippen LogP contribution >= 0.6 is 0 Å². The largest absolute Gasteiger partial charge is 0.493 e. The van der Waals surface area contributed by atoms with Crippen molar-refractivity contribution in [3.05, 3.63) is 117 Å². The van der Waals surface area contributed by atoms with Crippen molar-refractivity contribution >= 4 is 50.2 Å². The van der Waals surface area contributed by atoms with E-state index < -0.39 is 40.0 Å². The minimum atomic E-state index is -4.84. The average molecular weight is 774 g/mol. The molecule has 5 aromatic rings. The van der Waals surface area contributed by atoms with E-state index in [2.05, 4.69) is 15.3 Å². The number of fused-ring (bicyclic) bond motifs is 1. The van der Waals surface area contributed by atoms with Crippen molar-refractivity contribution in [1.82, 2.24) is 14.5 Å². The molecule has 55 heavy (non-hydrogen) atoms. The predicted octanol–water partition coefficient (Wildman–Crippen LogP) is 5.18. The topological polar surface area (TPSA) is 163 Å². The number of nitrogens with one attached hydrogen (secondary N) is 2. The number of carbonyl (C=O) groups is 1. The highest BCUT2D eigenvalue weighted by Gasteiger charge is 2.51. The Labute approximate surface area is 315 Å². The van der Waals surface area contributed by atoms with Crippen molar-refractivity contribution in [3.8, 4) is 17.5 Å². The van der Waals surface area contributed by atoms with E-state index in [-0.39, 0.29) is 22.1 Å². The molecule has 17 heteroatoms. The molecule has 1 aliphatic rings. The van der Waals surface area contributed by atoms with Gasteiger partial charge in [-0.25, -0.2) is 9.00 Å². The van der Waals surface area contributed by atoms with Crippen LogP contribution in [-0.2, 0) is 27.0 Å². The lowest BCUT2D eigenvalue weighted by Gasteiger charge is -2.29. The Morgan fingerprint density at radius 3 is 2.40 bits per heavy atom. The average Bonchev–Trinajstić information content (AvgIpc) is 3.37. The Hall–Kier alpha value is -6.25. The highest BCUT2D eigenvalue weighted by atomic mass is 32.1. The smallest absolute Gasteiger partial charge is 0.417 e. The molecule has 0 bridgehead atoms. The van der Waals surface area contributed by atoms with Crippen LogP contribution in [-0.4, -0.2) is 61.7 Å². The molecule has 0 unspecified atom stereocenters. The molecular formula is C38H34F3N7O6S. The fraction of sp³-hybridized carbons (Fsp3) is 0.263. The molecule has 3 heterocycles. The van der Waals surface area contributed by atoms with E-state index in [1.54, 1.807) is 50.4 Å². The summed E-state index contributed by atoms with van der Waals surface area (Å²) in [5.41, 5.74) is -1.88. The molecule has 6 rings (SSSR count). The van der Waals surface area contributed by atoms with Crippen molar-refractivity contribution in [2.75, 3.05) is 41.5 Å². The summed E-state index contributed by atoms with van der Waals surface area (Å²) in [7, 11) is 0. The lowest BCUT2D eigenvalue weighted by Crippen LogP contribution is -2.44. The van der Waals surface area contributed by atoms with Crippen LogP contribution in [0.15, 0.2) is 94.8 Å². The van der Waals surface area contributed by atoms with Crippen molar-refractivity contribution in [2.24, 2.45) is 0 Å². The van der Waals surface area contributed by atoms with Gasteiger partial charge in [0.25, 0.3) is 11.5 Å². The van der Waals surface area contributed by atoms with Gasteiger partial charge in [-0.05, 0) is 80.9 Å². The van der Waals surface area contributed by atoms with E-state index in [0.29, 0.717) is 73.3 Å². The lowest BCUT2D eigenvalue weighted by atomic mass is 10.0. The number of ether oxygens (including phenoxy) is 2. The van der Waals surface area contributed by atoms with Crippen molar-refractivity contribution in [3.63, 3.8) is 0 Å². The molecule has 13 nitrogen and oxygen atoms in total. The second-order valence-electron chi connectivity index (χ2n) is 12.9. The molecule has 0 saturated carbocycles. The van der Waals surface area contributed by atoms with Gasteiger partial charge in [0.1, 0.15) is 22.5 Å². The third kappa shape index (κ3) is 8.15. The Bertz CT molecular complexity index is 2460. The number of halogens is 3. The number of aromatic nitrogens is 3. The number of nitriles is 1. The molecular weight excluding hydrogens is 740 g/mol. The molecule has 0 spiro atoms. The van der Waals surface area contributed by atoms with Gasteiger partial charge in [0.05, 0.1) is 46.9 Å². The molecule has 2 aromatic heterocycles. The molecule has 0 aliphatic carbocycles. The first-order valence-electron chi connectivity index (χ1n) is 17.0. The third-order valence-electron chi connectivity index (χ3n) is 8.81. The molecule has 1 aliphatic heterocycles. The van der Waals surface area contributed by atoms with Gasteiger partial charge in [0, 0.05) is 55.2 Å². The number of alkyl halides is 3. The van der Waals surface area contributed by atoms with Gasteiger partial charge in [0.2, 0.25) is 5.11 Å². The summed E-state index contributed by atoms with van der Waals surface area (Å²) in [6, 6.07) is 19.9. The minimum Gasteiger partial charge on any atom is -0.493 e. The Kier molecular flexibility index (Phi) is 11.2. The van der Waals surface area contributed by atoms with E-state index >= 15 is 0 Å². The Morgan fingerprint density at radius 2 is 1.69 bits per heavy atom. The maximum atomic E-state index is 13.7. The Balaban J connectivity index is 0.980. The van der Waals surface area contributed by atoms with E-state index in [9.17, 15) is 37.0 Å². The van der Waals surface area contributed by atoms with Crippen molar-refractivity contribution < 1.29 is 31.6 Å². The molecule has 0 radical (unpaired) electrons. The zero-order chi connectivity index (χ0) is 39.3. The monoisotopic (exact) mass is 773 g/mol. The summed E-state index contributed by atoms with van der Waals surface area (Å²) in [5, 5.41) is 13.1. The number of anilines is 3. The van der Waals surface area contributed by atoms with Gasteiger partial charge in [-0.2, -0.15) is 18.4 Å². The van der Waals surface area contributed by atoms with Crippen LogP contribution in [0.2, 0.25) is 0 Å². The van der Waals surface area contributed by atoms with Gasteiger partial charge in [-0.3, -0.25) is 29.0 Å². The van der Waals surface area contributed by atoms with E-state index in [4.69, 9.17) is 9.47 Å². The fourth-order valence-electron chi connectivity index (χ4n) is 6.10. The number of amides is 1. The van der Waals surface area contributed by atoms with E-state index in [1.807, 2.05) is 18.2 Å².